The van der Waals surface area contributed by atoms with Crippen LogP contribution >= 0.6 is 0 Å². The van der Waals surface area contributed by atoms with Crippen molar-refractivity contribution in [2.24, 2.45) is 5.73 Å². The number of nitrogens with zero attached hydrogens (tertiary/aromatic N) is 3. The van der Waals surface area contributed by atoms with Crippen molar-refractivity contribution in [3.8, 4) is 0 Å². The van der Waals surface area contributed by atoms with Crippen molar-refractivity contribution in [1.29, 1.82) is 0 Å². The van der Waals surface area contributed by atoms with Crippen molar-refractivity contribution < 1.29 is 0 Å². The molecule has 1 rings (SSSR count). The average molecular weight is 168 g/mol. The standard InChI is InChI=1S/C8H16N4/c1-4-8(3,9)7-10-6-11-12(7)5-2/h6H,4-5,9H2,1-3H3. The summed E-state index contributed by atoms with van der Waals surface area (Å²) >= 11 is 0. The molecule has 2 N–H and O–H groups in total. The van der Waals surface area contributed by atoms with Crippen molar-refractivity contribution in [2.75, 3.05) is 0 Å². The third-order valence-corrected chi connectivity index (χ3v) is 2.16. The minimum absolute atomic E-state index is 0.355. The Morgan fingerprint density at radius 3 is 2.75 bits per heavy atom. The highest BCUT2D eigenvalue weighted by atomic mass is 15.3. The van der Waals surface area contributed by atoms with Crippen LogP contribution in [0.25, 0.3) is 0 Å². The molecule has 4 heteroatoms. The SMILES string of the molecule is CCn1ncnc1C(C)(N)CC. The zero-order valence-corrected chi connectivity index (χ0v) is 7.91. The number of aryl methyl sites for hydroxylation is 1. The summed E-state index contributed by atoms with van der Waals surface area (Å²) in [7, 11) is 0. The van der Waals surface area contributed by atoms with Crippen LogP contribution in [0.2, 0.25) is 0 Å². The third kappa shape index (κ3) is 1.48. The van der Waals surface area contributed by atoms with Gasteiger partial charge in [-0.25, -0.2) is 9.67 Å². The molecule has 1 aromatic rings. The molecule has 0 saturated carbocycles. The number of rotatable bonds is 3. The maximum Gasteiger partial charge on any atom is 0.146 e. The molecule has 1 atom stereocenters. The second kappa shape index (κ2) is 3.23. The van der Waals surface area contributed by atoms with Crippen LogP contribution < -0.4 is 5.73 Å². The summed E-state index contributed by atoms with van der Waals surface area (Å²) < 4.78 is 1.84. The lowest BCUT2D eigenvalue weighted by Crippen LogP contribution is -2.35. The van der Waals surface area contributed by atoms with Crippen molar-refractivity contribution in [2.45, 2.75) is 39.3 Å². The molecule has 0 aliphatic rings. The maximum atomic E-state index is 6.03. The fourth-order valence-electron chi connectivity index (χ4n) is 1.10. The molecular formula is C8H16N4. The van der Waals surface area contributed by atoms with Crippen molar-refractivity contribution in [1.82, 2.24) is 14.8 Å². The molecule has 0 bridgehead atoms. The Hall–Kier alpha value is -0.900. The topological polar surface area (TPSA) is 56.7 Å². The van der Waals surface area contributed by atoms with E-state index in [0.717, 1.165) is 18.8 Å². The van der Waals surface area contributed by atoms with Crippen LogP contribution in [0.1, 0.15) is 33.0 Å². The van der Waals surface area contributed by atoms with Gasteiger partial charge in [-0.3, -0.25) is 0 Å². The number of hydrogen-bond acceptors (Lipinski definition) is 3. The van der Waals surface area contributed by atoms with Gasteiger partial charge in [-0.15, -0.1) is 0 Å². The summed E-state index contributed by atoms with van der Waals surface area (Å²) in [6.45, 7) is 6.88. The first-order valence-corrected chi connectivity index (χ1v) is 4.29. The number of aromatic nitrogens is 3. The van der Waals surface area contributed by atoms with Gasteiger partial charge in [0, 0.05) is 6.54 Å². The monoisotopic (exact) mass is 168 g/mol. The van der Waals surface area contributed by atoms with E-state index in [1.165, 1.54) is 0 Å². The first kappa shape index (κ1) is 9.19. The molecule has 68 valence electrons. The summed E-state index contributed by atoms with van der Waals surface area (Å²) in [5.41, 5.74) is 5.68. The largest absolute Gasteiger partial charge is 0.319 e. The zero-order valence-electron chi connectivity index (χ0n) is 7.91. The molecule has 12 heavy (non-hydrogen) atoms. The number of nitrogens with two attached hydrogens (primary N) is 1. The van der Waals surface area contributed by atoms with Crippen molar-refractivity contribution in [3.63, 3.8) is 0 Å². The predicted octanol–water partition coefficient (Wildman–Crippen LogP) is 0.882. The minimum Gasteiger partial charge on any atom is -0.319 e. The van der Waals surface area contributed by atoms with E-state index in [9.17, 15) is 0 Å². The van der Waals surface area contributed by atoms with Gasteiger partial charge < -0.3 is 5.73 Å². The van der Waals surface area contributed by atoms with Crippen LogP contribution in [0, 0.1) is 0 Å². The summed E-state index contributed by atoms with van der Waals surface area (Å²) in [6.07, 6.45) is 2.42. The van der Waals surface area contributed by atoms with Crippen LogP contribution in [-0.2, 0) is 12.1 Å². The maximum absolute atomic E-state index is 6.03. The molecule has 4 nitrogen and oxygen atoms in total. The zero-order chi connectivity index (χ0) is 9.19. The second-order valence-electron chi connectivity index (χ2n) is 3.17. The van der Waals surface area contributed by atoms with E-state index in [4.69, 9.17) is 5.73 Å². The second-order valence-corrected chi connectivity index (χ2v) is 3.17. The van der Waals surface area contributed by atoms with Gasteiger partial charge >= 0.3 is 0 Å². The van der Waals surface area contributed by atoms with Gasteiger partial charge in [-0.05, 0) is 20.3 Å². The van der Waals surface area contributed by atoms with E-state index in [1.807, 2.05) is 18.5 Å². The molecule has 0 aliphatic heterocycles. The van der Waals surface area contributed by atoms with Crippen LogP contribution in [-0.4, -0.2) is 14.8 Å². The Bertz CT molecular complexity index is 251. The third-order valence-electron chi connectivity index (χ3n) is 2.16. The summed E-state index contributed by atoms with van der Waals surface area (Å²) in [4.78, 5) is 4.16. The van der Waals surface area contributed by atoms with Gasteiger partial charge in [0.25, 0.3) is 0 Å². The highest BCUT2D eigenvalue weighted by Crippen LogP contribution is 2.17. The molecular weight excluding hydrogens is 152 g/mol. The summed E-state index contributed by atoms with van der Waals surface area (Å²) in [6, 6.07) is 0. The smallest absolute Gasteiger partial charge is 0.146 e. The Labute approximate surface area is 72.8 Å². The molecule has 0 aliphatic carbocycles. The van der Waals surface area contributed by atoms with Crippen molar-refractivity contribution in [3.05, 3.63) is 12.2 Å². The molecule has 1 aromatic heterocycles. The fraction of sp³-hybridized carbons (Fsp3) is 0.750. The van der Waals surface area contributed by atoms with Gasteiger partial charge in [0.15, 0.2) is 0 Å². The Kier molecular flexibility index (Phi) is 2.47. The quantitative estimate of drug-likeness (QED) is 0.729. The van der Waals surface area contributed by atoms with Crippen LogP contribution in [0.3, 0.4) is 0 Å². The number of hydrogen-bond donors (Lipinski definition) is 1. The van der Waals surface area contributed by atoms with Gasteiger partial charge in [0.2, 0.25) is 0 Å². The van der Waals surface area contributed by atoms with E-state index in [1.54, 1.807) is 6.33 Å². The predicted molar refractivity (Wildman–Crippen MR) is 47.5 cm³/mol. The lowest BCUT2D eigenvalue weighted by atomic mass is 10.00. The summed E-state index contributed by atoms with van der Waals surface area (Å²) in [5.74, 6) is 0.868. The lowest BCUT2D eigenvalue weighted by Gasteiger charge is -2.21. The molecule has 1 unspecified atom stereocenters. The highest BCUT2D eigenvalue weighted by Gasteiger charge is 2.24. The van der Waals surface area contributed by atoms with E-state index >= 15 is 0 Å². The average Bonchev–Trinajstić information content (AvgIpc) is 2.52. The molecule has 1 heterocycles. The van der Waals surface area contributed by atoms with E-state index in [0.29, 0.717) is 0 Å². The molecule has 0 spiro atoms. The highest BCUT2D eigenvalue weighted by molar-refractivity contribution is 5.01. The minimum atomic E-state index is -0.355. The van der Waals surface area contributed by atoms with E-state index in [-0.39, 0.29) is 5.54 Å². The lowest BCUT2D eigenvalue weighted by molar-refractivity contribution is 0.411. The Morgan fingerprint density at radius 1 is 1.58 bits per heavy atom. The van der Waals surface area contributed by atoms with Gasteiger partial charge in [0.1, 0.15) is 12.2 Å². The fourth-order valence-corrected chi connectivity index (χ4v) is 1.10. The van der Waals surface area contributed by atoms with Crippen LogP contribution in [0.4, 0.5) is 0 Å². The van der Waals surface area contributed by atoms with E-state index < -0.39 is 0 Å². The summed E-state index contributed by atoms with van der Waals surface area (Å²) in [5, 5.41) is 4.07. The van der Waals surface area contributed by atoms with Crippen LogP contribution in [0.15, 0.2) is 6.33 Å². The van der Waals surface area contributed by atoms with Gasteiger partial charge in [-0.1, -0.05) is 6.92 Å². The molecule has 0 radical (unpaired) electrons. The first-order chi connectivity index (χ1) is 5.61. The van der Waals surface area contributed by atoms with Gasteiger partial charge in [0.05, 0.1) is 5.54 Å². The Morgan fingerprint density at radius 2 is 2.25 bits per heavy atom. The van der Waals surface area contributed by atoms with Crippen molar-refractivity contribution >= 4 is 0 Å². The molecule has 0 fully saturated rings. The molecule has 0 amide bonds. The molecule has 0 saturated heterocycles. The first-order valence-electron chi connectivity index (χ1n) is 4.29. The van der Waals surface area contributed by atoms with Gasteiger partial charge in [-0.2, -0.15) is 5.10 Å². The molecule has 0 aromatic carbocycles. The Balaban J connectivity index is 3.00. The van der Waals surface area contributed by atoms with Crippen LogP contribution in [0.5, 0.6) is 0 Å². The normalized spacial score (nSPS) is 16.0. The van der Waals surface area contributed by atoms with E-state index in [2.05, 4.69) is 17.0 Å².